The maximum absolute atomic E-state index is 11.2. The average molecular weight is 194 g/mol. The van der Waals surface area contributed by atoms with Gasteiger partial charge in [0.15, 0.2) is 0 Å². The standard InChI is InChI=1S/C11H18N2O/c1-3-4-11(14)13-10-7-5-9(12-2)6-8-10/h9-10,12H,5-8H2,1-2H3,(H,13,14). The highest BCUT2D eigenvalue weighted by atomic mass is 16.1. The Balaban J connectivity index is 2.27. The summed E-state index contributed by atoms with van der Waals surface area (Å²) in [6.45, 7) is 1.68. The molecule has 0 bridgehead atoms. The van der Waals surface area contributed by atoms with E-state index in [4.69, 9.17) is 0 Å². The van der Waals surface area contributed by atoms with Crippen LogP contribution in [-0.2, 0) is 4.79 Å². The summed E-state index contributed by atoms with van der Waals surface area (Å²) < 4.78 is 0. The van der Waals surface area contributed by atoms with E-state index < -0.39 is 0 Å². The summed E-state index contributed by atoms with van der Waals surface area (Å²) in [4.78, 5) is 11.2. The zero-order valence-corrected chi connectivity index (χ0v) is 8.89. The van der Waals surface area contributed by atoms with Gasteiger partial charge < -0.3 is 10.6 Å². The van der Waals surface area contributed by atoms with E-state index in [1.165, 1.54) is 0 Å². The van der Waals surface area contributed by atoms with E-state index in [0.29, 0.717) is 12.1 Å². The molecule has 0 spiro atoms. The minimum atomic E-state index is -0.139. The Labute approximate surface area is 85.6 Å². The average Bonchev–Trinajstić information content (AvgIpc) is 2.19. The van der Waals surface area contributed by atoms with Crippen molar-refractivity contribution in [3.63, 3.8) is 0 Å². The van der Waals surface area contributed by atoms with Crippen LogP contribution < -0.4 is 10.6 Å². The van der Waals surface area contributed by atoms with Crippen molar-refractivity contribution in [2.45, 2.75) is 44.7 Å². The van der Waals surface area contributed by atoms with Gasteiger partial charge in [-0.3, -0.25) is 4.79 Å². The van der Waals surface area contributed by atoms with Gasteiger partial charge in [0.05, 0.1) is 0 Å². The van der Waals surface area contributed by atoms with Gasteiger partial charge in [-0.2, -0.15) is 0 Å². The van der Waals surface area contributed by atoms with Gasteiger partial charge in [0.1, 0.15) is 0 Å². The number of nitrogens with one attached hydrogen (secondary N) is 2. The molecule has 2 N–H and O–H groups in total. The molecular formula is C11H18N2O. The first-order chi connectivity index (χ1) is 6.76. The van der Waals surface area contributed by atoms with Crippen LogP contribution in [0.4, 0.5) is 0 Å². The van der Waals surface area contributed by atoms with Crippen LogP contribution in [0.25, 0.3) is 0 Å². The lowest BCUT2D eigenvalue weighted by Crippen LogP contribution is -2.40. The zero-order chi connectivity index (χ0) is 10.4. The first kappa shape index (κ1) is 11.1. The molecule has 78 valence electrons. The summed E-state index contributed by atoms with van der Waals surface area (Å²) in [5, 5.41) is 6.19. The second-order valence-electron chi connectivity index (χ2n) is 3.69. The molecule has 1 fully saturated rings. The van der Waals surface area contributed by atoms with Crippen molar-refractivity contribution in [2.75, 3.05) is 7.05 Å². The molecule has 14 heavy (non-hydrogen) atoms. The summed E-state index contributed by atoms with van der Waals surface area (Å²) in [6.07, 6.45) is 4.40. The van der Waals surface area contributed by atoms with Gasteiger partial charge in [-0.15, -0.1) is 0 Å². The van der Waals surface area contributed by atoms with Crippen LogP contribution in [-0.4, -0.2) is 25.0 Å². The monoisotopic (exact) mass is 194 g/mol. The molecule has 1 saturated carbocycles. The maximum atomic E-state index is 11.2. The van der Waals surface area contributed by atoms with Gasteiger partial charge in [0.25, 0.3) is 5.91 Å². The lowest BCUT2D eigenvalue weighted by Gasteiger charge is -2.28. The van der Waals surface area contributed by atoms with Crippen molar-refractivity contribution >= 4 is 5.91 Å². The van der Waals surface area contributed by atoms with Crippen molar-refractivity contribution in [2.24, 2.45) is 0 Å². The van der Waals surface area contributed by atoms with Crippen molar-refractivity contribution in [1.29, 1.82) is 0 Å². The highest BCUT2D eigenvalue weighted by Gasteiger charge is 2.20. The van der Waals surface area contributed by atoms with Crippen LogP contribution in [0.15, 0.2) is 0 Å². The summed E-state index contributed by atoms with van der Waals surface area (Å²) in [7, 11) is 1.99. The highest BCUT2D eigenvalue weighted by molar-refractivity contribution is 5.93. The molecule has 1 amide bonds. The molecule has 0 heterocycles. The van der Waals surface area contributed by atoms with Crippen molar-refractivity contribution in [1.82, 2.24) is 10.6 Å². The van der Waals surface area contributed by atoms with Gasteiger partial charge in [-0.05, 0) is 45.6 Å². The molecule has 0 unspecified atom stereocenters. The lowest BCUT2D eigenvalue weighted by atomic mass is 9.91. The summed E-state index contributed by atoms with van der Waals surface area (Å²) in [6, 6.07) is 0.952. The van der Waals surface area contributed by atoms with E-state index >= 15 is 0 Å². The second kappa shape index (κ2) is 5.66. The van der Waals surface area contributed by atoms with Gasteiger partial charge in [-0.1, -0.05) is 5.92 Å². The quantitative estimate of drug-likeness (QED) is 0.634. The topological polar surface area (TPSA) is 41.1 Å². The molecular weight excluding hydrogens is 176 g/mol. The lowest BCUT2D eigenvalue weighted by molar-refractivity contribution is -0.116. The van der Waals surface area contributed by atoms with E-state index in [-0.39, 0.29) is 5.91 Å². The number of carbonyl (C=O) groups excluding carboxylic acids is 1. The number of hydrogen-bond acceptors (Lipinski definition) is 2. The fourth-order valence-corrected chi connectivity index (χ4v) is 1.86. The van der Waals surface area contributed by atoms with Gasteiger partial charge in [0, 0.05) is 12.1 Å². The molecule has 0 radical (unpaired) electrons. The molecule has 1 aliphatic rings. The third-order valence-corrected chi connectivity index (χ3v) is 2.71. The number of hydrogen-bond donors (Lipinski definition) is 2. The van der Waals surface area contributed by atoms with E-state index in [0.717, 1.165) is 25.7 Å². The Morgan fingerprint density at radius 3 is 2.29 bits per heavy atom. The normalized spacial score (nSPS) is 26.1. The fourth-order valence-electron chi connectivity index (χ4n) is 1.86. The Kier molecular flexibility index (Phi) is 4.48. The summed E-state index contributed by atoms with van der Waals surface area (Å²) in [5.74, 6) is 4.97. The highest BCUT2D eigenvalue weighted by Crippen LogP contribution is 2.17. The van der Waals surface area contributed by atoms with Crippen LogP contribution in [0.3, 0.4) is 0 Å². The molecule has 0 atom stereocenters. The first-order valence-electron chi connectivity index (χ1n) is 5.16. The SMILES string of the molecule is CC#CC(=O)NC1CCC(NC)CC1. The van der Waals surface area contributed by atoms with Gasteiger partial charge in [-0.25, -0.2) is 0 Å². The minimum Gasteiger partial charge on any atom is -0.343 e. The zero-order valence-electron chi connectivity index (χ0n) is 8.89. The minimum absolute atomic E-state index is 0.139. The molecule has 0 aromatic carbocycles. The van der Waals surface area contributed by atoms with E-state index in [2.05, 4.69) is 22.5 Å². The number of amides is 1. The predicted molar refractivity (Wildman–Crippen MR) is 56.7 cm³/mol. The van der Waals surface area contributed by atoms with Gasteiger partial charge >= 0.3 is 0 Å². The summed E-state index contributed by atoms with van der Waals surface area (Å²) >= 11 is 0. The molecule has 0 aromatic rings. The maximum Gasteiger partial charge on any atom is 0.296 e. The molecule has 0 saturated heterocycles. The molecule has 0 aliphatic heterocycles. The Morgan fingerprint density at radius 2 is 1.79 bits per heavy atom. The molecule has 3 heteroatoms. The summed E-state index contributed by atoms with van der Waals surface area (Å²) in [5.41, 5.74) is 0. The Hall–Kier alpha value is -1.01. The largest absolute Gasteiger partial charge is 0.343 e. The molecule has 1 aliphatic carbocycles. The smallest absolute Gasteiger partial charge is 0.296 e. The second-order valence-corrected chi connectivity index (χ2v) is 3.69. The Bertz CT molecular complexity index is 244. The van der Waals surface area contributed by atoms with E-state index in [1.54, 1.807) is 6.92 Å². The van der Waals surface area contributed by atoms with Gasteiger partial charge in [0.2, 0.25) is 0 Å². The fraction of sp³-hybridized carbons (Fsp3) is 0.727. The molecule has 0 aromatic heterocycles. The van der Waals surface area contributed by atoms with Crippen LogP contribution in [0, 0.1) is 11.8 Å². The first-order valence-corrected chi connectivity index (χ1v) is 5.16. The van der Waals surface area contributed by atoms with Crippen LogP contribution in [0.5, 0.6) is 0 Å². The van der Waals surface area contributed by atoms with Crippen LogP contribution in [0.2, 0.25) is 0 Å². The predicted octanol–water partition coefficient (Wildman–Crippen LogP) is 0.656. The Morgan fingerprint density at radius 1 is 1.21 bits per heavy atom. The third-order valence-electron chi connectivity index (χ3n) is 2.71. The van der Waals surface area contributed by atoms with Crippen LogP contribution >= 0.6 is 0 Å². The molecule has 3 nitrogen and oxygen atoms in total. The van der Waals surface area contributed by atoms with E-state index in [9.17, 15) is 4.79 Å². The van der Waals surface area contributed by atoms with Crippen molar-refractivity contribution < 1.29 is 4.79 Å². The number of rotatable bonds is 2. The van der Waals surface area contributed by atoms with E-state index in [1.807, 2.05) is 7.05 Å². The third kappa shape index (κ3) is 3.39. The van der Waals surface area contributed by atoms with Crippen molar-refractivity contribution in [3.8, 4) is 11.8 Å². The van der Waals surface area contributed by atoms with Crippen LogP contribution in [0.1, 0.15) is 32.6 Å². The number of carbonyl (C=O) groups is 1. The molecule has 1 rings (SSSR count). The van der Waals surface area contributed by atoms with Crippen molar-refractivity contribution in [3.05, 3.63) is 0 Å².